The minimum absolute atomic E-state index is 0. The number of nitrogens with zero attached hydrogens (tertiary/aromatic N) is 4. The Bertz CT molecular complexity index is 1410. The van der Waals surface area contributed by atoms with E-state index in [-0.39, 0.29) is 55.2 Å². The monoisotopic (exact) mass is 644 g/mol. The number of carbonyl (C=O) groups is 1. The molecule has 2 heterocycles. The van der Waals surface area contributed by atoms with Crippen molar-refractivity contribution in [1.82, 2.24) is 19.8 Å². The molecule has 2 fully saturated rings. The standard InChI is InChI=1S/C32H44N8O2.2ClH/c1-3-38(25-10-12-26(13-11-25)42-27-15-17-39(18-16-27)22(2)33)20-30-37-28-19-23(32(34)35)9-14-29(28)40(30)21-31(41)36-24-7-5-4-6-8-24;;/h9-14,19,24,27,33H,3-8,15-18,20-21H2,1-2H3,(H3,34,35)(H,36,41);2*1H. The van der Waals surface area contributed by atoms with Crippen LogP contribution < -0.4 is 20.7 Å². The molecule has 1 saturated carbocycles. The van der Waals surface area contributed by atoms with Crippen molar-refractivity contribution in [2.45, 2.75) is 84.0 Å². The number of amides is 1. The van der Waals surface area contributed by atoms with Gasteiger partial charge in [-0.05, 0) is 69.2 Å². The van der Waals surface area contributed by atoms with Gasteiger partial charge in [-0.15, -0.1) is 24.8 Å². The predicted octanol–water partition coefficient (Wildman–Crippen LogP) is 5.48. The summed E-state index contributed by atoms with van der Waals surface area (Å²) in [6, 6.07) is 14.0. The first-order chi connectivity index (χ1) is 20.3. The Kier molecular flexibility index (Phi) is 12.7. The number of likely N-dealkylation sites (tertiary alicyclic amines) is 1. The van der Waals surface area contributed by atoms with Gasteiger partial charge in [-0.1, -0.05) is 19.3 Å². The van der Waals surface area contributed by atoms with Crippen molar-refractivity contribution < 1.29 is 9.53 Å². The molecular formula is C32H46Cl2N8O2. The van der Waals surface area contributed by atoms with E-state index < -0.39 is 0 Å². The van der Waals surface area contributed by atoms with Crippen LogP contribution in [-0.2, 0) is 17.9 Å². The zero-order valence-electron chi connectivity index (χ0n) is 25.7. The highest BCUT2D eigenvalue weighted by atomic mass is 35.5. The molecule has 0 spiro atoms. The third-order valence-corrected chi connectivity index (χ3v) is 8.55. The maximum Gasteiger partial charge on any atom is 0.240 e. The molecule has 1 aliphatic heterocycles. The highest BCUT2D eigenvalue weighted by molar-refractivity contribution is 5.98. The number of carbonyl (C=O) groups excluding carboxylic acids is 1. The van der Waals surface area contributed by atoms with Crippen LogP contribution in [0.4, 0.5) is 5.69 Å². The molecule has 240 valence electrons. The Morgan fingerprint density at radius 2 is 1.73 bits per heavy atom. The van der Waals surface area contributed by atoms with Crippen molar-refractivity contribution in [2.24, 2.45) is 5.73 Å². The molecule has 3 aromatic rings. The lowest BCUT2D eigenvalue weighted by atomic mass is 9.95. The summed E-state index contributed by atoms with van der Waals surface area (Å²) in [4.78, 5) is 22.4. The first-order valence-corrected chi connectivity index (χ1v) is 15.3. The Balaban J connectivity index is 0.00000264. The smallest absolute Gasteiger partial charge is 0.240 e. The molecule has 1 aliphatic carbocycles. The van der Waals surface area contributed by atoms with Crippen LogP contribution in [0, 0.1) is 10.8 Å². The molecule has 0 bridgehead atoms. The fraction of sp³-hybridized carbons (Fsp3) is 0.500. The number of fused-ring (bicyclic) bond motifs is 1. The van der Waals surface area contributed by atoms with E-state index in [4.69, 9.17) is 26.3 Å². The van der Waals surface area contributed by atoms with Crippen molar-refractivity contribution in [3.05, 3.63) is 53.9 Å². The van der Waals surface area contributed by atoms with Gasteiger partial charge in [0.2, 0.25) is 5.91 Å². The van der Waals surface area contributed by atoms with Crippen LogP contribution in [0.25, 0.3) is 11.0 Å². The summed E-state index contributed by atoms with van der Waals surface area (Å²) in [5, 5.41) is 18.9. The van der Waals surface area contributed by atoms with E-state index in [2.05, 4.69) is 34.2 Å². The third kappa shape index (κ3) is 8.57. The molecule has 5 N–H and O–H groups in total. The Labute approximate surface area is 272 Å². The molecule has 5 rings (SSSR count). The largest absolute Gasteiger partial charge is 0.490 e. The average molecular weight is 646 g/mol. The summed E-state index contributed by atoms with van der Waals surface area (Å²) in [5.74, 6) is 2.26. The van der Waals surface area contributed by atoms with Crippen LogP contribution in [0.15, 0.2) is 42.5 Å². The number of hydrogen-bond donors (Lipinski definition) is 4. The molecule has 2 aliphatic rings. The number of nitrogens with two attached hydrogens (primary N) is 1. The van der Waals surface area contributed by atoms with Crippen molar-refractivity contribution in [2.75, 3.05) is 24.5 Å². The van der Waals surface area contributed by atoms with Crippen LogP contribution in [0.5, 0.6) is 5.75 Å². The van der Waals surface area contributed by atoms with E-state index in [0.717, 1.165) is 86.5 Å². The lowest BCUT2D eigenvalue weighted by Crippen LogP contribution is -2.40. The van der Waals surface area contributed by atoms with Gasteiger partial charge < -0.3 is 30.2 Å². The van der Waals surface area contributed by atoms with Gasteiger partial charge in [0.05, 0.1) is 23.4 Å². The summed E-state index contributed by atoms with van der Waals surface area (Å²) in [5.41, 5.74) is 9.01. The number of imidazole rings is 1. The van der Waals surface area contributed by atoms with Gasteiger partial charge in [0.25, 0.3) is 0 Å². The SMILES string of the molecule is CCN(Cc1nc2cc(C(=N)N)ccc2n1CC(=O)NC1CCCCC1)c1ccc(OC2CCN(C(C)=N)CC2)cc1.Cl.Cl. The number of halogens is 2. The number of benzene rings is 2. The number of ether oxygens (including phenoxy) is 1. The van der Waals surface area contributed by atoms with E-state index in [1.54, 1.807) is 0 Å². The highest BCUT2D eigenvalue weighted by Gasteiger charge is 2.22. The molecular weight excluding hydrogens is 599 g/mol. The summed E-state index contributed by atoms with van der Waals surface area (Å²) < 4.78 is 8.26. The van der Waals surface area contributed by atoms with Crippen molar-refractivity contribution >= 4 is 59.1 Å². The molecule has 12 heteroatoms. The normalized spacial score (nSPS) is 15.6. The minimum atomic E-state index is -0.00377. The Morgan fingerprint density at radius 3 is 2.34 bits per heavy atom. The highest BCUT2D eigenvalue weighted by Crippen LogP contribution is 2.26. The molecule has 1 amide bonds. The van der Waals surface area contributed by atoms with Gasteiger partial charge in [0.1, 0.15) is 30.1 Å². The van der Waals surface area contributed by atoms with E-state index in [1.807, 2.05) is 41.8 Å². The Morgan fingerprint density at radius 1 is 1.05 bits per heavy atom. The second-order valence-corrected chi connectivity index (χ2v) is 11.5. The second-order valence-electron chi connectivity index (χ2n) is 11.5. The summed E-state index contributed by atoms with van der Waals surface area (Å²) in [6.07, 6.45) is 7.63. The number of piperidine rings is 1. The topological polar surface area (TPSA) is 136 Å². The van der Waals surface area contributed by atoms with Crippen LogP contribution in [-0.4, -0.2) is 63.8 Å². The number of aromatic nitrogens is 2. The lowest BCUT2D eigenvalue weighted by Gasteiger charge is -2.33. The first-order valence-electron chi connectivity index (χ1n) is 15.3. The van der Waals surface area contributed by atoms with E-state index in [1.165, 1.54) is 6.42 Å². The van der Waals surface area contributed by atoms with E-state index in [0.29, 0.717) is 17.9 Å². The van der Waals surface area contributed by atoms with Gasteiger partial charge >= 0.3 is 0 Å². The van der Waals surface area contributed by atoms with Crippen molar-refractivity contribution in [1.29, 1.82) is 10.8 Å². The average Bonchev–Trinajstić information content (AvgIpc) is 3.32. The number of rotatable bonds is 10. The molecule has 1 aromatic heterocycles. The fourth-order valence-electron chi connectivity index (χ4n) is 6.10. The van der Waals surface area contributed by atoms with E-state index >= 15 is 0 Å². The molecule has 1 saturated heterocycles. The van der Waals surface area contributed by atoms with Gasteiger partial charge in [0.15, 0.2) is 0 Å². The van der Waals surface area contributed by atoms with Gasteiger partial charge in [-0.2, -0.15) is 0 Å². The lowest BCUT2D eigenvalue weighted by molar-refractivity contribution is -0.122. The van der Waals surface area contributed by atoms with Crippen molar-refractivity contribution in [3.8, 4) is 5.75 Å². The minimum Gasteiger partial charge on any atom is -0.490 e. The molecule has 0 radical (unpaired) electrons. The molecule has 10 nitrogen and oxygen atoms in total. The maximum absolute atomic E-state index is 13.2. The number of amidine groups is 2. The number of anilines is 1. The first kappa shape index (κ1) is 35.0. The molecule has 0 unspecified atom stereocenters. The van der Waals surface area contributed by atoms with Gasteiger partial charge in [-0.25, -0.2) is 4.98 Å². The van der Waals surface area contributed by atoms with Gasteiger partial charge in [-0.3, -0.25) is 15.6 Å². The van der Waals surface area contributed by atoms with Crippen LogP contribution in [0.1, 0.15) is 70.2 Å². The quantitative estimate of drug-likeness (QED) is 0.170. The summed E-state index contributed by atoms with van der Waals surface area (Å²) >= 11 is 0. The summed E-state index contributed by atoms with van der Waals surface area (Å²) in [6.45, 7) is 7.15. The van der Waals surface area contributed by atoms with E-state index in [9.17, 15) is 4.79 Å². The van der Waals surface area contributed by atoms with Crippen LogP contribution in [0.3, 0.4) is 0 Å². The van der Waals surface area contributed by atoms with Gasteiger partial charge in [0, 0.05) is 49.8 Å². The molecule has 0 atom stereocenters. The zero-order valence-corrected chi connectivity index (χ0v) is 27.3. The predicted molar refractivity (Wildman–Crippen MR) is 182 cm³/mol. The second kappa shape index (κ2) is 16.0. The van der Waals surface area contributed by atoms with Crippen LogP contribution >= 0.6 is 24.8 Å². The maximum atomic E-state index is 13.2. The zero-order chi connectivity index (χ0) is 29.6. The van der Waals surface area contributed by atoms with Crippen LogP contribution in [0.2, 0.25) is 0 Å². The summed E-state index contributed by atoms with van der Waals surface area (Å²) in [7, 11) is 0. The Hall–Kier alpha value is -3.50. The third-order valence-electron chi connectivity index (χ3n) is 8.55. The fourth-order valence-corrected chi connectivity index (χ4v) is 6.10. The number of nitrogens with one attached hydrogen (secondary N) is 3. The molecule has 44 heavy (non-hydrogen) atoms. The van der Waals surface area contributed by atoms with Crippen molar-refractivity contribution in [3.63, 3.8) is 0 Å². The number of hydrogen-bond acceptors (Lipinski definition) is 6. The molecule has 2 aromatic carbocycles. The number of nitrogen functional groups attached to an aromatic ring is 1.